The molecule has 3 fully saturated rings. The molecular formula is C21H23N5O. The third kappa shape index (κ3) is 4.09. The lowest BCUT2D eigenvalue weighted by molar-refractivity contribution is 0.123. The largest absolute Gasteiger partial charge is 0.323 e. The van der Waals surface area contributed by atoms with Crippen molar-refractivity contribution in [3.63, 3.8) is 0 Å². The Balaban J connectivity index is 1.43. The number of anilines is 1. The second-order valence-corrected chi connectivity index (χ2v) is 7.38. The summed E-state index contributed by atoms with van der Waals surface area (Å²) in [4.78, 5) is 21.7. The second kappa shape index (κ2) is 7.77. The zero-order valence-electron chi connectivity index (χ0n) is 15.2. The Morgan fingerprint density at radius 1 is 1.19 bits per heavy atom. The van der Waals surface area contributed by atoms with Gasteiger partial charge >= 0.3 is 6.03 Å². The van der Waals surface area contributed by atoms with E-state index in [0.717, 1.165) is 44.7 Å². The molecule has 2 bridgehead atoms. The highest BCUT2D eigenvalue weighted by Crippen LogP contribution is 2.29. The SMILES string of the molecule is N#Cc1cccc(NC(=O)N2C[C@H]3CC[C@@H](C2)N(Cc2ccccn2)C3)c1. The Morgan fingerprint density at radius 3 is 2.93 bits per heavy atom. The zero-order chi connectivity index (χ0) is 18.6. The molecule has 6 nitrogen and oxygen atoms in total. The van der Waals surface area contributed by atoms with Gasteiger partial charge in [-0.25, -0.2) is 4.79 Å². The van der Waals surface area contributed by atoms with Gasteiger partial charge in [0.15, 0.2) is 0 Å². The van der Waals surface area contributed by atoms with Crippen LogP contribution in [0.1, 0.15) is 24.1 Å². The predicted octanol–water partition coefficient (Wildman–Crippen LogP) is 3.08. The van der Waals surface area contributed by atoms with Crippen molar-refractivity contribution in [2.45, 2.75) is 25.4 Å². The second-order valence-electron chi connectivity index (χ2n) is 7.38. The molecule has 0 spiro atoms. The number of carbonyl (C=O) groups is 1. The lowest BCUT2D eigenvalue weighted by Gasteiger charge is -2.35. The topological polar surface area (TPSA) is 72.3 Å². The number of benzene rings is 1. The van der Waals surface area contributed by atoms with Gasteiger partial charge in [0.05, 0.1) is 17.3 Å². The van der Waals surface area contributed by atoms with Crippen LogP contribution in [0.15, 0.2) is 48.7 Å². The lowest BCUT2D eigenvalue weighted by Crippen LogP contribution is -2.44. The Morgan fingerprint density at radius 2 is 2.11 bits per heavy atom. The van der Waals surface area contributed by atoms with Gasteiger partial charge in [0.2, 0.25) is 0 Å². The monoisotopic (exact) mass is 361 g/mol. The van der Waals surface area contributed by atoms with Crippen molar-refractivity contribution in [1.29, 1.82) is 5.26 Å². The van der Waals surface area contributed by atoms with E-state index in [9.17, 15) is 4.79 Å². The first-order chi connectivity index (χ1) is 13.2. The molecule has 138 valence electrons. The van der Waals surface area contributed by atoms with Crippen LogP contribution in [0.3, 0.4) is 0 Å². The number of pyridine rings is 1. The zero-order valence-corrected chi connectivity index (χ0v) is 15.2. The summed E-state index contributed by atoms with van der Waals surface area (Å²) in [5.74, 6) is 0.489. The minimum Gasteiger partial charge on any atom is -0.323 e. The summed E-state index contributed by atoms with van der Waals surface area (Å²) in [6.45, 7) is 3.35. The highest BCUT2D eigenvalue weighted by atomic mass is 16.2. The van der Waals surface area contributed by atoms with Crippen molar-refractivity contribution >= 4 is 11.7 Å². The van der Waals surface area contributed by atoms with E-state index in [2.05, 4.69) is 27.3 Å². The van der Waals surface area contributed by atoms with Gasteiger partial charge in [0, 0.05) is 44.1 Å². The molecule has 0 aliphatic carbocycles. The average molecular weight is 361 g/mol. The molecule has 4 heterocycles. The molecule has 6 heteroatoms. The van der Waals surface area contributed by atoms with Crippen LogP contribution in [0.25, 0.3) is 0 Å². The van der Waals surface area contributed by atoms with Gasteiger partial charge in [0.1, 0.15) is 0 Å². The third-order valence-corrected chi connectivity index (χ3v) is 5.45. The molecule has 0 saturated carbocycles. The van der Waals surface area contributed by atoms with E-state index in [-0.39, 0.29) is 6.03 Å². The molecule has 1 aromatic heterocycles. The van der Waals surface area contributed by atoms with Gasteiger partial charge in [-0.2, -0.15) is 5.26 Å². The highest BCUT2D eigenvalue weighted by Gasteiger charge is 2.36. The Bertz CT molecular complexity index is 847. The average Bonchev–Trinajstić information content (AvgIpc) is 3.01. The van der Waals surface area contributed by atoms with Crippen molar-refractivity contribution in [1.82, 2.24) is 14.8 Å². The van der Waals surface area contributed by atoms with Crippen molar-refractivity contribution in [3.05, 3.63) is 59.9 Å². The third-order valence-electron chi connectivity index (χ3n) is 5.45. The summed E-state index contributed by atoms with van der Waals surface area (Å²) < 4.78 is 0. The first-order valence-corrected chi connectivity index (χ1v) is 9.41. The Hall–Kier alpha value is -2.91. The fourth-order valence-electron chi connectivity index (χ4n) is 4.11. The molecule has 3 aliphatic heterocycles. The number of nitrogens with zero attached hydrogens (tertiary/aromatic N) is 4. The van der Waals surface area contributed by atoms with Gasteiger partial charge in [-0.1, -0.05) is 12.1 Å². The van der Waals surface area contributed by atoms with Gasteiger partial charge < -0.3 is 10.2 Å². The molecule has 3 saturated heterocycles. The number of carbonyl (C=O) groups excluding carboxylic acids is 1. The molecule has 2 aromatic rings. The minimum atomic E-state index is -0.0818. The van der Waals surface area contributed by atoms with Crippen LogP contribution >= 0.6 is 0 Å². The number of hydrogen-bond acceptors (Lipinski definition) is 4. The van der Waals surface area contributed by atoms with E-state index in [4.69, 9.17) is 5.26 Å². The van der Waals surface area contributed by atoms with E-state index in [0.29, 0.717) is 23.2 Å². The summed E-state index contributed by atoms with van der Waals surface area (Å²) >= 11 is 0. The lowest BCUT2D eigenvalue weighted by atomic mass is 9.95. The van der Waals surface area contributed by atoms with Crippen LogP contribution < -0.4 is 5.32 Å². The smallest absolute Gasteiger partial charge is 0.321 e. The number of amides is 2. The van der Waals surface area contributed by atoms with Gasteiger partial charge in [-0.05, 0) is 49.1 Å². The van der Waals surface area contributed by atoms with Crippen LogP contribution in [0.2, 0.25) is 0 Å². The molecule has 0 radical (unpaired) electrons. The van der Waals surface area contributed by atoms with Crippen LogP contribution in [-0.4, -0.2) is 46.5 Å². The number of hydrogen-bond donors (Lipinski definition) is 1. The molecule has 27 heavy (non-hydrogen) atoms. The standard InChI is InChI=1S/C21H23N5O/c22-11-16-4-3-6-18(10-16)24-21(27)26-13-17-7-8-20(15-26)25(12-17)14-19-5-1-2-9-23-19/h1-6,9-10,17,20H,7-8,12-15H2,(H,24,27)/t17-,20-/m0/s1. The predicted molar refractivity (Wildman–Crippen MR) is 103 cm³/mol. The summed E-state index contributed by atoms with van der Waals surface area (Å²) in [5, 5.41) is 12.0. The molecule has 1 N–H and O–H groups in total. The van der Waals surface area contributed by atoms with Crippen molar-refractivity contribution in [2.75, 3.05) is 25.0 Å². The number of aromatic nitrogens is 1. The maximum absolute atomic E-state index is 12.8. The molecule has 3 aliphatic rings. The van der Waals surface area contributed by atoms with Crippen LogP contribution in [0, 0.1) is 17.2 Å². The molecular weight excluding hydrogens is 338 g/mol. The number of fused-ring (bicyclic) bond motifs is 4. The number of piperidine rings is 1. The summed E-state index contributed by atoms with van der Waals surface area (Å²) in [5.41, 5.74) is 2.29. The first-order valence-electron chi connectivity index (χ1n) is 9.41. The quantitative estimate of drug-likeness (QED) is 0.912. The fourth-order valence-corrected chi connectivity index (χ4v) is 4.11. The van der Waals surface area contributed by atoms with Crippen LogP contribution in [0.4, 0.5) is 10.5 Å². The van der Waals surface area contributed by atoms with Gasteiger partial charge in [0.25, 0.3) is 0 Å². The van der Waals surface area contributed by atoms with E-state index >= 15 is 0 Å². The summed E-state index contributed by atoms with van der Waals surface area (Å²) in [7, 11) is 0. The van der Waals surface area contributed by atoms with Crippen molar-refractivity contribution in [3.8, 4) is 6.07 Å². The molecule has 2 amide bonds. The summed E-state index contributed by atoms with van der Waals surface area (Å²) in [6.07, 6.45) is 4.11. The Kier molecular flexibility index (Phi) is 5.03. The number of urea groups is 1. The Labute approximate surface area is 159 Å². The number of rotatable bonds is 3. The normalized spacial score (nSPS) is 22.1. The number of nitrogens with one attached hydrogen (secondary N) is 1. The maximum atomic E-state index is 12.8. The van der Waals surface area contributed by atoms with Crippen LogP contribution in [0.5, 0.6) is 0 Å². The highest BCUT2D eigenvalue weighted by molar-refractivity contribution is 5.89. The summed E-state index contributed by atoms with van der Waals surface area (Å²) in [6, 6.07) is 15.4. The fraction of sp³-hybridized carbons (Fsp3) is 0.381. The molecule has 2 atom stereocenters. The molecule has 1 aromatic carbocycles. The minimum absolute atomic E-state index is 0.0818. The van der Waals surface area contributed by atoms with Crippen molar-refractivity contribution < 1.29 is 4.79 Å². The van der Waals surface area contributed by atoms with E-state index in [1.54, 1.807) is 18.2 Å². The number of nitriles is 1. The maximum Gasteiger partial charge on any atom is 0.321 e. The first kappa shape index (κ1) is 17.5. The van der Waals surface area contributed by atoms with Crippen molar-refractivity contribution in [2.24, 2.45) is 5.92 Å². The molecule has 5 rings (SSSR count). The van der Waals surface area contributed by atoms with E-state index in [1.165, 1.54) is 0 Å². The van der Waals surface area contributed by atoms with E-state index in [1.807, 2.05) is 29.3 Å². The van der Waals surface area contributed by atoms with Gasteiger partial charge in [-0.3, -0.25) is 9.88 Å². The van der Waals surface area contributed by atoms with Gasteiger partial charge in [-0.15, -0.1) is 0 Å². The van der Waals surface area contributed by atoms with E-state index < -0.39 is 0 Å². The van der Waals surface area contributed by atoms with Crippen LogP contribution in [-0.2, 0) is 6.54 Å². The molecule has 0 unspecified atom stereocenters.